The van der Waals surface area contributed by atoms with E-state index < -0.39 is 15.9 Å². The Balaban J connectivity index is 1.84. The number of likely N-dealkylation sites (tertiary alicyclic amines) is 1. The summed E-state index contributed by atoms with van der Waals surface area (Å²) in [4.78, 5) is 29.4. The molecule has 6 nitrogen and oxygen atoms in total. The van der Waals surface area contributed by atoms with Crippen molar-refractivity contribution in [1.29, 1.82) is 0 Å². The van der Waals surface area contributed by atoms with Gasteiger partial charge in [-0.15, -0.1) is 0 Å². The number of carbonyl (C=O) groups is 2. The zero-order valence-corrected chi connectivity index (χ0v) is 16.0. The molecule has 2 heterocycles. The van der Waals surface area contributed by atoms with Gasteiger partial charge in [-0.1, -0.05) is 31.0 Å². The van der Waals surface area contributed by atoms with E-state index in [0.29, 0.717) is 25.2 Å². The number of fused-ring (bicyclic) bond motifs is 1. The maximum Gasteiger partial charge on any atom is 0.255 e. The lowest BCUT2D eigenvalue weighted by Crippen LogP contribution is -2.49. The normalized spacial score (nSPS) is 19.2. The zero-order valence-electron chi connectivity index (χ0n) is 15.2. The van der Waals surface area contributed by atoms with Crippen molar-refractivity contribution in [3.05, 3.63) is 35.4 Å². The fourth-order valence-electron chi connectivity index (χ4n) is 3.77. The van der Waals surface area contributed by atoms with Crippen molar-refractivity contribution in [1.82, 2.24) is 9.80 Å². The molecule has 2 aliphatic rings. The van der Waals surface area contributed by atoms with Crippen LogP contribution in [0.25, 0.3) is 0 Å². The van der Waals surface area contributed by atoms with E-state index in [-0.39, 0.29) is 24.0 Å². The highest BCUT2D eigenvalue weighted by Crippen LogP contribution is 2.27. The lowest BCUT2D eigenvalue weighted by molar-refractivity contribution is -0.136. The minimum absolute atomic E-state index is 0.0998. The standard InChI is InChI=1S/C19H26N2O4S/c1-26(24,25)13-10-17(19(23)20-11-6-2-3-7-12-20)21-14-15-8-4-5-9-16(15)18(21)22/h4-5,8-9,17H,2-3,6-7,10-14H2,1H3/t17-/m0/s1. The van der Waals surface area contributed by atoms with E-state index in [1.54, 1.807) is 11.0 Å². The van der Waals surface area contributed by atoms with Gasteiger partial charge in [-0.05, 0) is 30.9 Å². The van der Waals surface area contributed by atoms with Gasteiger partial charge in [0.05, 0.1) is 5.75 Å². The number of hydrogen-bond acceptors (Lipinski definition) is 4. The molecule has 0 radical (unpaired) electrons. The first-order valence-corrected chi connectivity index (χ1v) is 11.3. The van der Waals surface area contributed by atoms with Gasteiger partial charge in [0.25, 0.3) is 5.91 Å². The number of hydrogen-bond donors (Lipinski definition) is 0. The minimum atomic E-state index is -3.21. The highest BCUT2D eigenvalue weighted by Gasteiger charge is 2.38. The molecule has 1 saturated heterocycles. The fraction of sp³-hybridized carbons (Fsp3) is 0.579. The Kier molecular flexibility index (Phi) is 5.65. The Labute approximate surface area is 155 Å². The van der Waals surface area contributed by atoms with Crippen LogP contribution in [0.4, 0.5) is 0 Å². The summed E-state index contributed by atoms with van der Waals surface area (Å²) in [5.41, 5.74) is 1.51. The van der Waals surface area contributed by atoms with E-state index >= 15 is 0 Å². The predicted octanol–water partition coefficient (Wildman–Crippen LogP) is 1.85. The first-order chi connectivity index (χ1) is 12.4. The largest absolute Gasteiger partial charge is 0.341 e. The van der Waals surface area contributed by atoms with Gasteiger partial charge in [-0.3, -0.25) is 9.59 Å². The number of nitrogens with zero attached hydrogens (tertiary/aromatic N) is 2. The number of carbonyl (C=O) groups excluding carboxylic acids is 2. The Morgan fingerprint density at radius 1 is 1.12 bits per heavy atom. The zero-order chi connectivity index (χ0) is 18.7. The SMILES string of the molecule is CS(=O)(=O)CC[C@@H](C(=O)N1CCCCCC1)N1Cc2ccccc2C1=O. The molecule has 1 atom stereocenters. The summed E-state index contributed by atoms with van der Waals surface area (Å²) in [6.45, 7) is 1.73. The van der Waals surface area contributed by atoms with Crippen LogP contribution in [0.3, 0.4) is 0 Å². The molecule has 2 amide bonds. The number of benzene rings is 1. The van der Waals surface area contributed by atoms with Crippen molar-refractivity contribution < 1.29 is 18.0 Å². The van der Waals surface area contributed by atoms with Gasteiger partial charge in [-0.25, -0.2) is 8.42 Å². The molecule has 26 heavy (non-hydrogen) atoms. The lowest BCUT2D eigenvalue weighted by Gasteiger charge is -2.32. The average Bonchev–Trinajstić information content (AvgIpc) is 2.78. The summed E-state index contributed by atoms with van der Waals surface area (Å²) in [5.74, 6) is -0.392. The third-order valence-electron chi connectivity index (χ3n) is 5.19. The predicted molar refractivity (Wildman–Crippen MR) is 99.5 cm³/mol. The highest BCUT2D eigenvalue weighted by atomic mass is 32.2. The quantitative estimate of drug-likeness (QED) is 0.784. The van der Waals surface area contributed by atoms with E-state index in [0.717, 1.165) is 31.2 Å². The van der Waals surface area contributed by atoms with Crippen molar-refractivity contribution in [3.63, 3.8) is 0 Å². The van der Waals surface area contributed by atoms with Crippen LogP contribution in [0.2, 0.25) is 0 Å². The smallest absolute Gasteiger partial charge is 0.255 e. The maximum absolute atomic E-state index is 13.2. The van der Waals surface area contributed by atoms with E-state index in [9.17, 15) is 18.0 Å². The number of rotatable bonds is 5. The molecule has 0 bridgehead atoms. The second-order valence-electron chi connectivity index (χ2n) is 7.26. The second-order valence-corrected chi connectivity index (χ2v) is 9.52. The molecule has 1 fully saturated rings. The summed E-state index contributed by atoms with van der Waals surface area (Å²) in [5, 5.41) is 0. The molecule has 0 N–H and O–H groups in total. The topological polar surface area (TPSA) is 74.8 Å². The monoisotopic (exact) mass is 378 g/mol. The molecule has 0 saturated carbocycles. The molecular formula is C19H26N2O4S. The molecule has 1 aromatic rings. The van der Waals surface area contributed by atoms with Crippen molar-refractivity contribution in [2.24, 2.45) is 0 Å². The van der Waals surface area contributed by atoms with E-state index in [1.165, 1.54) is 6.26 Å². The van der Waals surface area contributed by atoms with Crippen LogP contribution in [0.5, 0.6) is 0 Å². The van der Waals surface area contributed by atoms with Crippen LogP contribution in [0.15, 0.2) is 24.3 Å². The summed E-state index contributed by atoms with van der Waals surface area (Å²) in [6, 6.07) is 6.61. The summed E-state index contributed by atoms with van der Waals surface area (Å²) in [6.07, 6.45) is 5.43. The van der Waals surface area contributed by atoms with Crippen molar-refractivity contribution in [2.75, 3.05) is 25.1 Å². The van der Waals surface area contributed by atoms with Gasteiger partial charge in [0.1, 0.15) is 15.9 Å². The van der Waals surface area contributed by atoms with Crippen molar-refractivity contribution in [3.8, 4) is 0 Å². The van der Waals surface area contributed by atoms with Crippen LogP contribution < -0.4 is 0 Å². The average molecular weight is 378 g/mol. The van der Waals surface area contributed by atoms with Gasteiger partial charge < -0.3 is 9.80 Å². The lowest BCUT2D eigenvalue weighted by atomic mass is 10.1. The van der Waals surface area contributed by atoms with Gasteiger partial charge in [-0.2, -0.15) is 0 Å². The van der Waals surface area contributed by atoms with Crippen LogP contribution in [-0.4, -0.2) is 61.2 Å². The molecule has 0 aliphatic carbocycles. The Hall–Kier alpha value is -1.89. The van der Waals surface area contributed by atoms with Gasteiger partial charge in [0, 0.05) is 31.5 Å². The number of sulfone groups is 1. The first-order valence-electron chi connectivity index (χ1n) is 9.22. The van der Waals surface area contributed by atoms with Crippen molar-refractivity contribution >= 4 is 21.7 Å². The van der Waals surface area contributed by atoms with E-state index in [4.69, 9.17) is 0 Å². The fourth-order valence-corrected chi connectivity index (χ4v) is 4.42. The molecule has 0 aromatic heterocycles. The third kappa shape index (κ3) is 4.26. The molecule has 0 spiro atoms. The van der Waals surface area contributed by atoms with Crippen LogP contribution >= 0.6 is 0 Å². The van der Waals surface area contributed by atoms with Gasteiger partial charge >= 0.3 is 0 Å². The Morgan fingerprint density at radius 2 is 1.77 bits per heavy atom. The van der Waals surface area contributed by atoms with Crippen LogP contribution in [-0.2, 0) is 21.2 Å². The Morgan fingerprint density at radius 3 is 2.38 bits per heavy atom. The molecule has 7 heteroatoms. The van der Waals surface area contributed by atoms with Crippen LogP contribution in [0.1, 0.15) is 48.0 Å². The molecule has 142 valence electrons. The Bertz CT molecular complexity index is 782. The first kappa shape index (κ1) is 18.9. The second kappa shape index (κ2) is 7.78. The van der Waals surface area contributed by atoms with Gasteiger partial charge in [0.15, 0.2) is 0 Å². The van der Waals surface area contributed by atoms with E-state index in [1.807, 2.05) is 23.1 Å². The molecule has 3 rings (SSSR count). The van der Waals surface area contributed by atoms with E-state index in [2.05, 4.69) is 0 Å². The molecule has 0 unspecified atom stereocenters. The third-order valence-corrected chi connectivity index (χ3v) is 6.17. The van der Waals surface area contributed by atoms with Crippen LogP contribution in [0, 0.1) is 0 Å². The molecular weight excluding hydrogens is 352 g/mol. The number of amides is 2. The highest BCUT2D eigenvalue weighted by molar-refractivity contribution is 7.90. The summed E-state index contributed by atoms with van der Waals surface area (Å²) in [7, 11) is -3.21. The maximum atomic E-state index is 13.2. The van der Waals surface area contributed by atoms with Crippen molar-refractivity contribution in [2.45, 2.75) is 44.7 Å². The summed E-state index contributed by atoms with van der Waals surface area (Å²) < 4.78 is 23.4. The molecule has 2 aliphatic heterocycles. The summed E-state index contributed by atoms with van der Waals surface area (Å²) >= 11 is 0. The molecule has 1 aromatic carbocycles. The minimum Gasteiger partial charge on any atom is -0.341 e. The van der Waals surface area contributed by atoms with Gasteiger partial charge in [0.2, 0.25) is 5.91 Å².